The number of nitrogens with zero attached hydrogens (tertiary/aromatic N) is 1. The van der Waals surface area contributed by atoms with Gasteiger partial charge >= 0.3 is 0 Å². The third kappa shape index (κ3) is 0.916. The molecule has 1 aromatic carbocycles. The molecule has 2 nitrogen and oxygen atoms in total. The van der Waals surface area contributed by atoms with E-state index in [1.807, 2.05) is 0 Å². The molecule has 0 bridgehead atoms. The SMILES string of the molecule is O=C1Cc2cccc3c2N(CC3)C1. The van der Waals surface area contributed by atoms with Gasteiger partial charge in [-0.1, -0.05) is 18.2 Å². The van der Waals surface area contributed by atoms with E-state index >= 15 is 0 Å². The van der Waals surface area contributed by atoms with E-state index in [1.165, 1.54) is 16.8 Å². The summed E-state index contributed by atoms with van der Waals surface area (Å²) < 4.78 is 0. The number of carbonyl (C=O) groups is 1. The van der Waals surface area contributed by atoms with Gasteiger partial charge in [0.1, 0.15) is 0 Å². The van der Waals surface area contributed by atoms with Crippen molar-refractivity contribution in [2.75, 3.05) is 18.0 Å². The first kappa shape index (κ1) is 7.13. The van der Waals surface area contributed by atoms with Crippen LogP contribution in [0.2, 0.25) is 0 Å². The van der Waals surface area contributed by atoms with E-state index in [0.29, 0.717) is 18.7 Å². The number of carbonyl (C=O) groups excluding carboxylic acids is 1. The van der Waals surface area contributed by atoms with Crippen molar-refractivity contribution in [1.82, 2.24) is 0 Å². The minimum absolute atomic E-state index is 0.353. The van der Waals surface area contributed by atoms with Gasteiger partial charge in [-0.2, -0.15) is 0 Å². The summed E-state index contributed by atoms with van der Waals surface area (Å²) in [5.74, 6) is 0.353. The molecule has 0 amide bonds. The Kier molecular flexibility index (Phi) is 1.29. The summed E-state index contributed by atoms with van der Waals surface area (Å²) in [4.78, 5) is 13.6. The Morgan fingerprint density at radius 1 is 1.23 bits per heavy atom. The Hall–Kier alpha value is -1.31. The first-order valence-electron chi connectivity index (χ1n) is 4.72. The van der Waals surface area contributed by atoms with Gasteiger partial charge in [-0.3, -0.25) is 4.79 Å². The van der Waals surface area contributed by atoms with Crippen LogP contribution in [0, 0.1) is 0 Å². The largest absolute Gasteiger partial charge is 0.363 e. The van der Waals surface area contributed by atoms with Crippen LogP contribution in [0.5, 0.6) is 0 Å². The molecule has 0 atom stereocenters. The highest BCUT2D eigenvalue weighted by Crippen LogP contribution is 2.34. The maximum Gasteiger partial charge on any atom is 0.156 e. The second kappa shape index (κ2) is 2.34. The number of Topliss-reactive ketones (excluding diaryl/α,β-unsaturated/α-hetero) is 1. The van der Waals surface area contributed by atoms with Gasteiger partial charge in [0.25, 0.3) is 0 Å². The van der Waals surface area contributed by atoms with Crippen molar-refractivity contribution in [3.05, 3.63) is 29.3 Å². The monoisotopic (exact) mass is 173 g/mol. The van der Waals surface area contributed by atoms with E-state index < -0.39 is 0 Å². The molecule has 13 heavy (non-hydrogen) atoms. The summed E-state index contributed by atoms with van der Waals surface area (Å²) >= 11 is 0. The molecule has 3 rings (SSSR count). The van der Waals surface area contributed by atoms with Gasteiger partial charge in [0, 0.05) is 18.7 Å². The van der Waals surface area contributed by atoms with Crippen molar-refractivity contribution in [3.8, 4) is 0 Å². The van der Waals surface area contributed by atoms with Crippen molar-refractivity contribution in [2.45, 2.75) is 12.8 Å². The third-order valence-electron chi connectivity index (χ3n) is 2.93. The van der Waals surface area contributed by atoms with Gasteiger partial charge in [0.05, 0.1) is 6.54 Å². The predicted octanol–water partition coefficient (Wildman–Crippen LogP) is 1.17. The van der Waals surface area contributed by atoms with E-state index in [9.17, 15) is 4.79 Å². The second-order valence-corrected chi connectivity index (χ2v) is 3.81. The molecule has 0 saturated heterocycles. The van der Waals surface area contributed by atoms with Gasteiger partial charge in [0.2, 0.25) is 0 Å². The van der Waals surface area contributed by atoms with E-state index in [-0.39, 0.29) is 0 Å². The van der Waals surface area contributed by atoms with Gasteiger partial charge in [-0.25, -0.2) is 0 Å². The Balaban J connectivity index is 2.22. The smallest absolute Gasteiger partial charge is 0.156 e. The molecule has 0 spiro atoms. The molecular weight excluding hydrogens is 162 g/mol. The van der Waals surface area contributed by atoms with E-state index in [1.54, 1.807) is 0 Å². The first-order valence-corrected chi connectivity index (χ1v) is 4.72. The number of rotatable bonds is 0. The van der Waals surface area contributed by atoms with Crippen molar-refractivity contribution < 1.29 is 4.79 Å². The molecule has 2 aliphatic rings. The van der Waals surface area contributed by atoms with Gasteiger partial charge < -0.3 is 4.90 Å². The highest BCUT2D eigenvalue weighted by atomic mass is 16.1. The standard InChI is InChI=1S/C11H11NO/c13-10-6-9-3-1-2-8-4-5-12(7-10)11(8)9/h1-3H,4-7H2. The lowest BCUT2D eigenvalue weighted by atomic mass is 10.00. The summed E-state index contributed by atoms with van der Waals surface area (Å²) in [7, 11) is 0. The lowest BCUT2D eigenvalue weighted by molar-refractivity contribution is -0.117. The normalized spacial score (nSPS) is 19.1. The molecule has 2 heterocycles. The Morgan fingerprint density at radius 3 is 3.00 bits per heavy atom. The van der Waals surface area contributed by atoms with Crippen LogP contribution in [0.1, 0.15) is 11.1 Å². The Morgan fingerprint density at radius 2 is 2.08 bits per heavy atom. The van der Waals surface area contributed by atoms with Crippen molar-refractivity contribution >= 4 is 11.5 Å². The molecule has 2 heteroatoms. The molecule has 0 saturated carbocycles. The molecule has 0 aromatic heterocycles. The minimum Gasteiger partial charge on any atom is -0.363 e. The van der Waals surface area contributed by atoms with E-state index in [4.69, 9.17) is 0 Å². The molecular formula is C11H11NO. The fraction of sp³-hybridized carbons (Fsp3) is 0.364. The van der Waals surface area contributed by atoms with Crippen LogP contribution >= 0.6 is 0 Å². The zero-order valence-corrected chi connectivity index (χ0v) is 7.42. The Labute approximate surface area is 77.2 Å². The predicted molar refractivity (Wildman–Crippen MR) is 51.1 cm³/mol. The van der Waals surface area contributed by atoms with Crippen molar-refractivity contribution in [2.24, 2.45) is 0 Å². The topological polar surface area (TPSA) is 20.3 Å². The van der Waals surface area contributed by atoms with Gasteiger partial charge in [0.15, 0.2) is 5.78 Å². The number of hydrogen-bond donors (Lipinski definition) is 0. The van der Waals surface area contributed by atoms with Crippen molar-refractivity contribution in [3.63, 3.8) is 0 Å². The number of anilines is 1. The van der Waals surface area contributed by atoms with Crippen LogP contribution < -0.4 is 4.90 Å². The van der Waals surface area contributed by atoms with Crippen LogP contribution in [0.25, 0.3) is 0 Å². The van der Waals surface area contributed by atoms with Crippen LogP contribution in [-0.2, 0) is 17.6 Å². The van der Waals surface area contributed by atoms with E-state index in [2.05, 4.69) is 23.1 Å². The molecule has 0 aliphatic carbocycles. The zero-order chi connectivity index (χ0) is 8.84. The summed E-state index contributed by atoms with van der Waals surface area (Å²) in [6.45, 7) is 1.65. The van der Waals surface area contributed by atoms with Gasteiger partial charge in [-0.15, -0.1) is 0 Å². The quantitative estimate of drug-likeness (QED) is 0.587. The molecule has 0 fully saturated rings. The summed E-state index contributed by atoms with van der Waals surface area (Å²) in [6.07, 6.45) is 1.75. The lowest BCUT2D eigenvalue weighted by Gasteiger charge is -2.25. The number of para-hydroxylation sites is 1. The molecule has 1 aromatic rings. The van der Waals surface area contributed by atoms with Crippen LogP contribution in [0.3, 0.4) is 0 Å². The molecule has 2 aliphatic heterocycles. The maximum absolute atomic E-state index is 11.4. The highest BCUT2D eigenvalue weighted by Gasteiger charge is 2.28. The summed E-state index contributed by atoms with van der Waals surface area (Å²) in [6, 6.07) is 6.32. The van der Waals surface area contributed by atoms with E-state index in [0.717, 1.165) is 13.0 Å². The third-order valence-corrected chi connectivity index (χ3v) is 2.93. The zero-order valence-electron chi connectivity index (χ0n) is 7.42. The van der Waals surface area contributed by atoms with Crippen LogP contribution in [0.4, 0.5) is 5.69 Å². The lowest BCUT2D eigenvalue weighted by Crippen LogP contribution is -2.33. The maximum atomic E-state index is 11.4. The van der Waals surface area contributed by atoms with Crippen molar-refractivity contribution in [1.29, 1.82) is 0 Å². The van der Waals surface area contributed by atoms with Crippen LogP contribution in [0.15, 0.2) is 18.2 Å². The van der Waals surface area contributed by atoms with Gasteiger partial charge in [-0.05, 0) is 17.5 Å². The fourth-order valence-electron chi connectivity index (χ4n) is 2.40. The minimum atomic E-state index is 0.353. The average Bonchev–Trinajstić information content (AvgIpc) is 2.50. The highest BCUT2D eigenvalue weighted by molar-refractivity contribution is 5.91. The summed E-state index contributed by atoms with van der Waals surface area (Å²) in [5, 5.41) is 0. The fourth-order valence-corrected chi connectivity index (χ4v) is 2.40. The second-order valence-electron chi connectivity index (χ2n) is 3.81. The van der Waals surface area contributed by atoms with Crippen LogP contribution in [-0.4, -0.2) is 18.9 Å². The average molecular weight is 173 g/mol. The Bertz CT molecular complexity index is 384. The first-order chi connectivity index (χ1) is 6.34. The molecule has 66 valence electrons. The molecule has 0 N–H and O–H groups in total. The number of hydrogen-bond acceptors (Lipinski definition) is 2. The number of ketones is 1. The summed E-state index contributed by atoms with van der Waals surface area (Å²) in [5.41, 5.74) is 4.00. The molecule has 0 radical (unpaired) electrons. The number of benzene rings is 1. The molecule has 0 unspecified atom stereocenters.